The van der Waals surface area contributed by atoms with Gasteiger partial charge >= 0.3 is 0 Å². The zero-order valence-corrected chi connectivity index (χ0v) is 24.6. The van der Waals surface area contributed by atoms with Crippen LogP contribution in [0.3, 0.4) is 0 Å². The van der Waals surface area contributed by atoms with Crippen LogP contribution in [0.25, 0.3) is 33.8 Å². The predicted molar refractivity (Wildman–Crippen MR) is 166 cm³/mol. The number of nitrogens with zero attached hydrogens (tertiary/aromatic N) is 3. The number of carbonyl (C=O) groups is 1. The number of likely N-dealkylation sites (tertiary alicyclic amines) is 1. The fourth-order valence-electron chi connectivity index (χ4n) is 7.21. The van der Waals surface area contributed by atoms with E-state index in [-0.39, 0.29) is 5.91 Å². The standard InChI is InChI=1S/C35H43N3O2/c1-6-23(2)25-15-16-29-31(20-25)38-21-26(35(39)37-18-17-27(22-37)36(3)4)19-30-28(13-10-14-32(30)40-5)34(38)33(29)24-11-8-7-9-12-24/h10,13-16,19-20,24,27H,2,6-9,11-12,17-18,21-22H2,1,3-5H3. The molecule has 1 saturated heterocycles. The topological polar surface area (TPSA) is 37.7 Å². The Kier molecular flexibility index (Phi) is 7.35. The molecular formula is C35H43N3O2. The average Bonchev–Trinajstić information content (AvgIpc) is 3.55. The number of aromatic nitrogens is 1. The summed E-state index contributed by atoms with van der Waals surface area (Å²) in [6, 6.07) is 13.6. The van der Waals surface area contributed by atoms with Gasteiger partial charge in [-0.1, -0.05) is 57.0 Å². The van der Waals surface area contributed by atoms with E-state index in [0.29, 0.717) is 18.5 Å². The van der Waals surface area contributed by atoms with Crippen molar-refractivity contribution in [3.05, 3.63) is 65.2 Å². The van der Waals surface area contributed by atoms with E-state index in [4.69, 9.17) is 4.74 Å². The molecule has 5 nitrogen and oxygen atoms in total. The normalized spacial score (nSPS) is 19.4. The second-order valence-electron chi connectivity index (χ2n) is 12.1. The molecule has 3 aromatic rings. The Balaban J connectivity index is 1.58. The van der Waals surface area contributed by atoms with Gasteiger partial charge in [0.25, 0.3) is 5.91 Å². The first-order valence-electron chi connectivity index (χ1n) is 15.1. The van der Waals surface area contributed by atoms with Gasteiger partial charge < -0.3 is 19.1 Å². The van der Waals surface area contributed by atoms with Crippen molar-refractivity contribution >= 4 is 28.5 Å². The zero-order valence-electron chi connectivity index (χ0n) is 24.6. The van der Waals surface area contributed by atoms with Gasteiger partial charge in [-0.25, -0.2) is 0 Å². The lowest BCUT2D eigenvalue weighted by Crippen LogP contribution is -2.35. The monoisotopic (exact) mass is 537 g/mol. The molecule has 0 N–H and O–H groups in total. The molecule has 2 fully saturated rings. The Morgan fingerprint density at radius 3 is 2.60 bits per heavy atom. The molecule has 5 heteroatoms. The number of likely N-dealkylation sites (N-methyl/N-ethyl adjacent to an activating group) is 1. The van der Waals surface area contributed by atoms with Crippen molar-refractivity contribution in [2.45, 2.75) is 70.4 Å². The highest BCUT2D eigenvalue weighted by atomic mass is 16.5. The lowest BCUT2D eigenvalue weighted by Gasteiger charge is -2.24. The van der Waals surface area contributed by atoms with Gasteiger partial charge in [0.2, 0.25) is 0 Å². The number of allylic oxidation sites excluding steroid dienone is 1. The molecule has 0 spiro atoms. The van der Waals surface area contributed by atoms with Crippen LogP contribution in [0.2, 0.25) is 0 Å². The van der Waals surface area contributed by atoms with Crippen LogP contribution >= 0.6 is 0 Å². The fourth-order valence-corrected chi connectivity index (χ4v) is 7.21. The first-order valence-corrected chi connectivity index (χ1v) is 15.1. The number of methoxy groups -OCH3 is 1. The van der Waals surface area contributed by atoms with Crippen LogP contribution in [0.5, 0.6) is 5.75 Å². The number of hydrogen-bond acceptors (Lipinski definition) is 3. The maximum Gasteiger partial charge on any atom is 0.251 e. The number of carbonyl (C=O) groups excluding carboxylic acids is 1. The predicted octanol–water partition coefficient (Wildman–Crippen LogP) is 7.35. The van der Waals surface area contributed by atoms with Gasteiger partial charge in [-0.2, -0.15) is 0 Å². The summed E-state index contributed by atoms with van der Waals surface area (Å²) in [5.74, 6) is 1.48. The third-order valence-electron chi connectivity index (χ3n) is 9.60. The summed E-state index contributed by atoms with van der Waals surface area (Å²) in [5.41, 5.74) is 9.28. The third-order valence-corrected chi connectivity index (χ3v) is 9.60. The second-order valence-corrected chi connectivity index (χ2v) is 12.1. The smallest absolute Gasteiger partial charge is 0.251 e. The summed E-state index contributed by atoms with van der Waals surface area (Å²) in [4.78, 5) is 18.5. The minimum absolute atomic E-state index is 0.143. The molecule has 1 aromatic heterocycles. The molecule has 3 heterocycles. The maximum atomic E-state index is 14.2. The van der Waals surface area contributed by atoms with E-state index in [9.17, 15) is 4.79 Å². The molecule has 1 saturated carbocycles. The van der Waals surface area contributed by atoms with E-state index in [2.05, 4.69) is 78.4 Å². The SMILES string of the molecule is C=C(CC)c1ccc2c(C3CCCCC3)c3n(c2c1)CC(C(=O)N1CCC(N(C)C)C1)=Cc1c(OC)cccc1-3. The number of benzene rings is 2. The Bertz CT molecular complexity index is 1490. The Morgan fingerprint density at radius 2 is 1.90 bits per heavy atom. The van der Waals surface area contributed by atoms with E-state index < -0.39 is 0 Å². The molecule has 3 aliphatic rings. The minimum atomic E-state index is 0.143. The number of ether oxygens (including phenoxy) is 1. The molecule has 6 rings (SSSR count). The molecule has 2 aliphatic heterocycles. The summed E-state index contributed by atoms with van der Waals surface area (Å²) in [7, 11) is 5.95. The highest BCUT2D eigenvalue weighted by Gasteiger charge is 2.34. The first-order chi connectivity index (χ1) is 19.4. The average molecular weight is 538 g/mol. The number of hydrogen-bond donors (Lipinski definition) is 0. The van der Waals surface area contributed by atoms with Crippen LogP contribution in [0.4, 0.5) is 0 Å². The Labute approximate surface area is 239 Å². The lowest BCUT2D eigenvalue weighted by atomic mass is 9.81. The van der Waals surface area contributed by atoms with Crippen molar-refractivity contribution in [2.75, 3.05) is 34.3 Å². The molecule has 1 atom stereocenters. The second kappa shape index (κ2) is 10.9. The molecule has 1 unspecified atom stereocenters. The number of amides is 1. The van der Waals surface area contributed by atoms with Crippen LogP contribution in [-0.2, 0) is 11.3 Å². The highest BCUT2D eigenvalue weighted by molar-refractivity contribution is 6.03. The van der Waals surface area contributed by atoms with Crippen LogP contribution < -0.4 is 4.74 Å². The summed E-state index contributed by atoms with van der Waals surface area (Å²) >= 11 is 0. The minimum Gasteiger partial charge on any atom is -0.496 e. The van der Waals surface area contributed by atoms with E-state index >= 15 is 0 Å². The van der Waals surface area contributed by atoms with Crippen LogP contribution in [-0.4, -0.2) is 60.6 Å². The van der Waals surface area contributed by atoms with E-state index in [1.54, 1.807) is 7.11 Å². The summed E-state index contributed by atoms with van der Waals surface area (Å²) < 4.78 is 8.36. The summed E-state index contributed by atoms with van der Waals surface area (Å²) in [6.07, 6.45) is 10.4. The van der Waals surface area contributed by atoms with Crippen LogP contribution in [0.15, 0.2) is 48.6 Å². The number of fused-ring (bicyclic) bond motifs is 5. The van der Waals surface area contributed by atoms with Crippen molar-refractivity contribution in [3.63, 3.8) is 0 Å². The maximum absolute atomic E-state index is 14.2. The fraction of sp³-hybridized carbons (Fsp3) is 0.457. The molecule has 0 radical (unpaired) electrons. The Morgan fingerprint density at radius 1 is 1.10 bits per heavy atom. The van der Waals surface area contributed by atoms with E-state index in [1.807, 2.05) is 6.07 Å². The van der Waals surface area contributed by atoms with Gasteiger partial charge in [0.05, 0.1) is 19.3 Å². The summed E-state index contributed by atoms with van der Waals surface area (Å²) in [5, 5.41) is 1.32. The van der Waals surface area contributed by atoms with Crippen LogP contribution in [0.1, 0.15) is 74.5 Å². The zero-order chi connectivity index (χ0) is 28.0. The van der Waals surface area contributed by atoms with Gasteiger partial charge in [-0.15, -0.1) is 0 Å². The van der Waals surface area contributed by atoms with Crippen LogP contribution in [0, 0.1) is 0 Å². The molecule has 2 aromatic carbocycles. The lowest BCUT2D eigenvalue weighted by molar-refractivity contribution is -0.126. The summed E-state index contributed by atoms with van der Waals surface area (Å²) in [6.45, 7) is 8.64. The molecule has 1 aliphatic carbocycles. The van der Waals surface area contributed by atoms with Crippen molar-refractivity contribution in [3.8, 4) is 17.0 Å². The van der Waals surface area contributed by atoms with Gasteiger partial charge in [0.1, 0.15) is 5.75 Å². The van der Waals surface area contributed by atoms with Gasteiger partial charge in [-0.3, -0.25) is 4.79 Å². The number of rotatable bonds is 6. The third kappa shape index (κ3) is 4.58. The molecule has 210 valence electrons. The van der Waals surface area contributed by atoms with E-state index in [0.717, 1.165) is 48.4 Å². The van der Waals surface area contributed by atoms with Gasteiger partial charge in [0.15, 0.2) is 0 Å². The first kappa shape index (κ1) is 26.9. The molecular weight excluding hydrogens is 494 g/mol. The molecule has 1 amide bonds. The highest BCUT2D eigenvalue weighted by Crippen LogP contribution is 2.48. The quantitative estimate of drug-likeness (QED) is 0.330. The van der Waals surface area contributed by atoms with Crippen molar-refractivity contribution in [1.82, 2.24) is 14.4 Å². The van der Waals surface area contributed by atoms with Crippen molar-refractivity contribution in [1.29, 1.82) is 0 Å². The van der Waals surface area contributed by atoms with Crippen molar-refractivity contribution in [2.24, 2.45) is 0 Å². The van der Waals surface area contributed by atoms with Gasteiger partial charge in [-0.05, 0) is 80.6 Å². The van der Waals surface area contributed by atoms with E-state index in [1.165, 1.54) is 65.4 Å². The molecule has 0 bridgehead atoms. The molecule has 40 heavy (non-hydrogen) atoms. The largest absolute Gasteiger partial charge is 0.496 e. The Hall–Kier alpha value is -3.31. The van der Waals surface area contributed by atoms with Gasteiger partial charge in [0, 0.05) is 46.7 Å². The van der Waals surface area contributed by atoms with Crippen molar-refractivity contribution < 1.29 is 9.53 Å².